The van der Waals surface area contributed by atoms with Crippen molar-refractivity contribution in [2.45, 2.75) is 0 Å². The number of rotatable bonds is 3. The highest BCUT2D eigenvalue weighted by molar-refractivity contribution is 6.30. The lowest BCUT2D eigenvalue weighted by molar-refractivity contribution is 0.102. The van der Waals surface area contributed by atoms with Gasteiger partial charge in [-0.1, -0.05) is 11.6 Å². The van der Waals surface area contributed by atoms with Gasteiger partial charge < -0.3 is 10.7 Å². The molecule has 0 saturated heterocycles. The maximum absolute atomic E-state index is 11.8. The Labute approximate surface area is 101 Å². The monoisotopic (exact) mass is 252 g/mol. The van der Waals surface area contributed by atoms with Crippen LogP contribution in [0.4, 0.5) is 11.5 Å². The Kier molecular flexibility index (Phi) is 3.22. The van der Waals surface area contributed by atoms with Crippen molar-refractivity contribution in [2.24, 2.45) is 5.84 Å². The summed E-state index contributed by atoms with van der Waals surface area (Å²) < 4.78 is 0. The third kappa shape index (κ3) is 2.71. The number of anilines is 2. The van der Waals surface area contributed by atoms with Gasteiger partial charge >= 0.3 is 0 Å². The summed E-state index contributed by atoms with van der Waals surface area (Å²) >= 11 is 5.75. The predicted octanol–water partition coefficient (Wildman–Crippen LogP) is 0.996. The predicted molar refractivity (Wildman–Crippen MR) is 63.6 cm³/mol. The van der Waals surface area contributed by atoms with Crippen molar-refractivity contribution in [3.05, 3.63) is 35.2 Å². The number of nitrogen functional groups attached to an aromatic ring is 1. The van der Waals surface area contributed by atoms with Crippen LogP contribution in [0, 0.1) is 0 Å². The Morgan fingerprint density at radius 1 is 1.47 bits per heavy atom. The molecule has 2 aromatic heterocycles. The molecule has 2 heterocycles. The van der Waals surface area contributed by atoms with Crippen LogP contribution in [-0.2, 0) is 0 Å². The molecular weight excluding hydrogens is 244 g/mol. The largest absolute Gasteiger partial charge is 0.319 e. The van der Waals surface area contributed by atoms with E-state index >= 15 is 0 Å². The quantitative estimate of drug-likeness (QED) is 0.370. The number of hydrogen-bond acceptors (Lipinski definition) is 5. The summed E-state index contributed by atoms with van der Waals surface area (Å²) in [6.45, 7) is 0. The number of hydrogen-bond donors (Lipinski definition) is 4. The van der Waals surface area contributed by atoms with Crippen molar-refractivity contribution in [1.29, 1.82) is 0 Å². The maximum atomic E-state index is 11.8. The Morgan fingerprint density at radius 2 is 2.29 bits per heavy atom. The summed E-state index contributed by atoms with van der Waals surface area (Å²) in [6, 6.07) is 2.93. The standard InChI is InChI=1S/C9H9ClN6O/c10-7-1-5(2-8(15-7)16-11)9(17)14-6-3-12-13-4-6/h1-4H,11H2,(H,12,13)(H,14,17)(H,15,16). The van der Waals surface area contributed by atoms with E-state index in [0.717, 1.165) is 0 Å². The van der Waals surface area contributed by atoms with Gasteiger partial charge in [0.05, 0.1) is 11.9 Å². The Morgan fingerprint density at radius 3 is 2.94 bits per heavy atom. The number of H-pyrrole nitrogens is 1. The number of carbonyl (C=O) groups excluding carboxylic acids is 1. The fourth-order valence-corrected chi connectivity index (χ4v) is 1.43. The van der Waals surface area contributed by atoms with Crippen molar-refractivity contribution in [2.75, 3.05) is 10.7 Å². The molecule has 0 aliphatic heterocycles. The summed E-state index contributed by atoms with van der Waals surface area (Å²) in [4.78, 5) is 15.7. The Hall–Kier alpha value is -2.12. The smallest absolute Gasteiger partial charge is 0.255 e. The first-order valence-corrected chi connectivity index (χ1v) is 5.01. The molecule has 0 radical (unpaired) electrons. The van der Waals surface area contributed by atoms with E-state index in [4.69, 9.17) is 17.4 Å². The molecule has 17 heavy (non-hydrogen) atoms. The van der Waals surface area contributed by atoms with Gasteiger partial charge in [0, 0.05) is 11.8 Å². The molecule has 8 heteroatoms. The molecule has 0 fully saturated rings. The minimum atomic E-state index is -0.327. The average Bonchev–Trinajstić information content (AvgIpc) is 2.81. The number of hydrazine groups is 1. The van der Waals surface area contributed by atoms with Crippen LogP contribution in [0.15, 0.2) is 24.5 Å². The molecule has 0 aliphatic carbocycles. The van der Waals surface area contributed by atoms with Gasteiger partial charge in [-0.3, -0.25) is 9.89 Å². The first-order valence-electron chi connectivity index (χ1n) is 4.63. The van der Waals surface area contributed by atoms with Crippen LogP contribution in [0.1, 0.15) is 10.4 Å². The number of nitrogens with one attached hydrogen (secondary N) is 3. The van der Waals surface area contributed by atoms with Crippen LogP contribution in [0.25, 0.3) is 0 Å². The van der Waals surface area contributed by atoms with Crippen LogP contribution >= 0.6 is 11.6 Å². The third-order valence-electron chi connectivity index (χ3n) is 1.96. The van der Waals surface area contributed by atoms with Crippen LogP contribution in [0.3, 0.4) is 0 Å². The van der Waals surface area contributed by atoms with Gasteiger partial charge in [-0.05, 0) is 12.1 Å². The summed E-state index contributed by atoms with van der Waals surface area (Å²) in [5, 5.41) is 9.10. The van der Waals surface area contributed by atoms with Gasteiger partial charge in [-0.15, -0.1) is 0 Å². The van der Waals surface area contributed by atoms with E-state index in [1.54, 1.807) is 6.20 Å². The molecule has 0 unspecified atom stereocenters. The fourth-order valence-electron chi connectivity index (χ4n) is 1.22. The van der Waals surface area contributed by atoms with E-state index in [1.165, 1.54) is 18.3 Å². The molecule has 7 nitrogen and oxygen atoms in total. The number of amides is 1. The number of nitrogens with zero attached hydrogens (tertiary/aromatic N) is 2. The van der Waals surface area contributed by atoms with Gasteiger partial charge in [0.15, 0.2) is 0 Å². The molecule has 0 bridgehead atoms. The van der Waals surface area contributed by atoms with Crippen molar-refractivity contribution in [1.82, 2.24) is 15.2 Å². The zero-order valence-corrected chi connectivity index (χ0v) is 9.32. The van der Waals surface area contributed by atoms with E-state index in [-0.39, 0.29) is 11.1 Å². The van der Waals surface area contributed by atoms with Gasteiger partial charge in [-0.25, -0.2) is 10.8 Å². The van der Waals surface area contributed by atoms with Gasteiger partial charge in [0.2, 0.25) is 0 Å². The molecule has 0 aromatic carbocycles. The number of pyridine rings is 1. The van der Waals surface area contributed by atoms with Crippen LogP contribution in [0.5, 0.6) is 0 Å². The lowest BCUT2D eigenvalue weighted by Crippen LogP contribution is -2.14. The highest BCUT2D eigenvalue weighted by Crippen LogP contribution is 2.15. The topological polar surface area (TPSA) is 109 Å². The molecular formula is C9H9ClN6O. The zero-order valence-electron chi connectivity index (χ0n) is 8.57. The second-order valence-corrected chi connectivity index (χ2v) is 3.54. The minimum Gasteiger partial charge on any atom is -0.319 e. The van der Waals surface area contributed by atoms with Crippen molar-refractivity contribution in [3.63, 3.8) is 0 Å². The highest BCUT2D eigenvalue weighted by atomic mass is 35.5. The molecule has 0 saturated carbocycles. The lowest BCUT2D eigenvalue weighted by atomic mass is 10.2. The number of halogens is 1. The SMILES string of the molecule is NNc1cc(C(=O)Nc2cn[nH]c2)cc(Cl)n1. The fraction of sp³-hybridized carbons (Fsp3) is 0. The molecule has 2 rings (SSSR count). The molecule has 2 aromatic rings. The van der Waals surface area contributed by atoms with Crippen molar-refractivity contribution < 1.29 is 4.79 Å². The molecule has 5 N–H and O–H groups in total. The second-order valence-electron chi connectivity index (χ2n) is 3.15. The minimum absolute atomic E-state index is 0.179. The van der Waals surface area contributed by atoms with Gasteiger partial charge in [-0.2, -0.15) is 5.10 Å². The Balaban J connectivity index is 2.21. The van der Waals surface area contributed by atoms with E-state index < -0.39 is 0 Å². The maximum Gasteiger partial charge on any atom is 0.255 e. The number of aromatic nitrogens is 3. The summed E-state index contributed by atoms with van der Waals surface area (Å²) in [5.41, 5.74) is 3.23. The third-order valence-corrected chi connectivity index (χ3v) is 2.15. The van der Waals surface area contributed by atoms with E-state index in [9.17, 15) is 4.79 Å². The van der Waals surface area contributed by atoms with Crippen molar-refractivity contribution >= 4 is 29.0 Å². The van der Waals surface area contributed by atoms with E-state index in [0.29, 0.717) is 17.1 Å². The van der Waals surface area contributed by atoms with Crippen LogP contribution in [-0.4, -0.2) is 21.1 Å². The number of aromatic amines is 1. The number of nitrogens with two attached hydrogens (primary N) is 1. The summed E-state index contributed by atoms with van der Waals surface area (Å²) in [6.07, 6.45) is 3.05. The zero-order chi connectivity index (χ0) is 12.3. The number of carbonyl (C=O) groups is 1. The average molecular weight is 253 g/mol. The van der Waals surface area contributed by atoms with Gasteiger partial charge in [0.25, 0.3) is 5.91 Å². The Bertz CT molecular complexity index is 526. The second kappa shape index (κ2) is 4.81. The molecule has 88 valence electrons. The normalized spacial score (nSPS) is 10.0. The lowest BCUT2D eigenvalue weighted by Gasteiger charge is -2.05. The summed E-state index contributed by atoms with van der Waals surface area (Å²) in [7, 11) is 0. The molecule has 0 atom stereocenters. The van der Waals surface area contributed by atoms with E-state index in [2.05, 4.69) is 25.9 Å². The molecule has 0 aliphatic rings. The highest BCUT2D eigenvalue weighted by Gasteiger charge is 2.09. The van der Waals surface area contributed by atoms with Crippen molar-refractivity contribution in [3.8, 4) is 0 Å². The molecule has 0 spiro atoms. The molecule has 1 amide bonds. The van der Waals surface area contributed by atoms with E-state index in [1.807, 2.05) is 0 Å². The summed E-state index contributed by atoms with van der Waals surface area (Å²) in [5.74, 6) is 5.19. The van der Waals surface area contributed by atoms with Crippen LogP contribution in [0.2, 0.25) is 5.15 Å². The van der Waals surface area contributed by atoms with Crippen LogP contribution < -0.4 is 16.6 Å². The van der Waals surface area contributed by atoms with Gasteiger partial charge in [0.1, 0.15) is 11.0 Å². The first-order chi connectivity index (χ1) is 8.19. The first kappa shape index (κ1) is 11.4.